The van der Waals surface area contributed by atoms with Crippen molar-refractivity contribution in [3.05, 3.63) is 101 Å². The molecule has 3 aromatic rings. The average Bonchev–Trinajstić information content (AvgIpc) is 3.34. The number of para-hydroxylation sites is 1. The third-order valence-corrected chi connectivity index (χ3v) is 6.61. The van der Waals surface area contributed by atoms with Gasteiger partial charge in [0.05, 0.1) is 11.5 Å². The van der Waals surface area contributed by atoms with Gasteiger partial charge in [0, 0.05) is 11.6 Å². The van der Waals surface area contributed by atoms with E-state index in [0.29, 0.717) is 22.9 Å². The van der Waals surface area contributed by atoms with Crippen molar-refractivity contribution in [3.63, 3.8) is 0 Å². The molecule has 0 saturated carbocycles. The van der Waals surface area contributed by atoms with Gasteiger partial charge in [0.2, 0.25) is 0 Å². The molecule has 0 aromatic heterocycles. The SMILES string of the molecule is CC(c1ccc(Cl)cc1)C(C(=O)c1ccccc1OCCN1CCCC1)c1ccccc1. The van der Waals surface area contributed by atoms with E-state index in [9.17, 15) is 4.79 Å². The number of hydrogen-bond donors (Lipinski definition) is 0. The third kappa shape index (κ3) is 5.40. The lowest BCUT2D eigenvalue weighted by molar-refractivity contribution is 0.0944. The standard InChI is InChI=1S/C28H30ClNO2/c1-21(22-13-15-24(29)16-14-22)27(23-9-3-2-4-10-23)28(31)25-11-5-6-12-26(25)32-20-19-30-17-7-8-18-30/h2-6,9-16,21,27H,7-8,17-20H2,1H3. The summed E-state index contributed by atoms with van der Waals surface area (Å²) in [4.78, 5) is 16.4. The average molecular weight is 448 g/mol. The number of hydrogen-bond acceptors (Lipinski definition) is 3. The molecule has 32 heavy (non-hydrogen) atoms. The Labute approximate surface area is 196 Å². The molecule has 1 heterocycles. The second-order valence-corrected chi connectivity index (χ2v) is 8.92. The summed E-state index contributed by atoms with van der Waals surface area (Å²) in [6.45, 7) is 5.87. The number of carbonyl (C=O) groups is 1. The van der Waals surface area contributed by atoms with Crippen LogP contribution in [0.5, 0.6) is 5.75 Å². The van der Waals surface area contributed by atoms with E-state index in [1.165, 1.54) is 12.8 Å². The van der Waals surface area contributed by atoms with Crippen molar-refractivity contribution in [1.82, 2.24) is 4.90 Å². The molecule has 0 spiro atoms. The molecule has 0 bridgehead atoms. The second kappa shape index (κ2) is 10.8. The monoisotopic (exact) mass is 447 g/mol. The van der Waals surface area contributed by atoms with Crippen molar-refractivity contribution < 1.29 is 9.53 Å². The van der Waals surface area contributed by atoms with Crippen molar-refractivity contribution in [3.8, 4) is 5.75 Å². The number of nitrogens with zero attached hydrogens (tertiary/aromatic N) is 1. The van der Waals surface area contributed by atoms with Crippen LogP contribution in [0.4, 0.5) is 0 Å². The van der Waals surface area contributed by atoms with E-state index in [1.807, 2.05) is 78.9 Å². The van der Waals surface area contributed by atoms with Gasteiger partial charge in [0.1, 0.15) is 12.4 Å². The Morgan fingerprint density at radius 2 is 1.56 bits per heavy atom. The highest BCUT2D eigenvalue weighted by Gasteiger charge is 2.30. The lowest BCUT2D eigenvalue weighted by Crippen LogP contribution is -2.25. The molecule has 2 unspecified atom stereocenters. The van der Waals surface area contributed by atoms with Gasteiger partial charge in [-0.2, -0.15) is 0 Å². The maximum absolute atomic E-state index is 14.0. The van der Waals surface area contributed by atoms with Crippen molar-refractivity contribution in [2.45, 2.75) is 31.6 Å². The molecule has 4 rings (SSSR count). The molecule has 3 nitrogen and oxygen atoms in total. The van der Waals surface area contributed by atoms with E-state index >= 15 is 0 Å². The zero-order valence-electron chi connectivity index (χ0n) is 18.5. The highest BCUT2D eigenvalue weighted by molar-refractivity contribution is 6.30. The van der Waals surface area contributed by atoms with E-state index < -0.39 is 0 Å². The smallest absolute Gasteiger partial charge is 0.174 e. The Hall–Kier alpha value is -2.62. The van der Waals surface area contributed by atoms with Crippen LogP contribution in [-0.2, 0) is 0 Å². The predicted octanol–water partition coefficient (Wildman–Crippen LogP) is 6.58. The van der Waals surface area contributed by atoms with Gasteiger partial charge >= 0.3 is 0 Å². The first kappa shape index (κ1) is 22.6. The minimum atomic E-state index is -0.319. The summed E-state index contributed by atoms with van der Waals surface area (Å²) in [6.07, 6.45) is 2.52. The van der Waals surface area contributed by atoms with Crippen molar-refractivity contribution in [2.75, 3.05) is 26.2 Å². The summed E-state index contributed by atoms with van der Waals surface area (Å²) in [7, 11) is 0. The van der Waals surface area contributed by atoms with Crippen molar-refractivity contribution in [1.29, 1.82) is 0 Å². The molecule has 1 saturated heterocycles. The molecular weight excluding hydrogens is 418 g/mol. The molecule has 0 radical (unpaired) electrons. The Bertz CT molecular complexity index is 1010. The van der Waals surface area contributed by atoms with E-state index in [4.69, 9.17) is 16.3 Å². The van der Waals surface area contributed by atoms with Gasteiger partial charge in [0.15, 0.2) is 5.78 Å². The second-order valence-electron chi connectivity index (χ2n) is 8.49. The van der Waals surface area contributed by atoms with Gasteiger partial charge < -0.3 is 4.74 Å². The van der Waals surface area contributed by atoms with Crippen molar-refractivity contribution >= 4 is 17.4 Å². The minimum absolute atomic E-state index is 0.0141. The summed E-state index contributed by atoms with van der Waals surface area (Å²) in [6, 6.07) is 25.5. The molecule has 2 atom stereocenters. The quantitative estimate of drug-likeness (QED) is 0.347. The number of ether oxygens (including phenoxy) is 1. The van der Waals surface area contributed by atoms with Gasteiger partial charge in [-0.1, -0.05) is 73.1 Å². The first-order chi connectivity index (χ1) is 15.6. The van der Waals surface area contributed by atoms with Crippen LogP contribution in [0.25, 0.3) is 0 Å². The molecular formula is C28H30ClNO2. The molecule has 0 amide bonds. The summed E-state index contributed by atoms with van der Waals surface area (Å²) in [5, 5.41) is 0.695. The fraction of sp³-hybridized carbons (Fsp3) is 0.321. The van der Waals surface area contributed by atoms with E-state index in [0.717, 1.165) is 30.8 Å². The molecule has 4 heteroatoms. The van der Waals surface area contributed by atoms with Gasteiger partial charge in [-0.3, -0.25) is 9.69 Å². The number of carbonyl (C=O) groups excluding carboxylic acids is 1. The number of likely N-dealkylation sites (tertiary alicyclic amines) is 1. The van der Waals surface area contributed by atoms with Gasteiger partial charge in [0.25, 0.3) is 0 Å². The van der Waals surface area contributed by atoms with Crippen LogP contribution in [-0.4, -0.2) is 36.9 Å². The van der Waals surface area contributed by atoms with E-state index in [2.05, 4.69) is 11.8 Å². The number of Topliss-reactive ketones (excluding diaryl/α,β-unsaturated/α-hetero) is 1. The van der Waals surface area contributed by atoms with E-state index in [1.54, 1.807) is 0 Å². The Balaban J connectivity index is 1.60. The Morgan fingerprint density at radius 3 is 2.28 bits per heavy atom. The molecule has 3 aromatic carbocycles. The molecule has 0 N–H and O–H groups in total. The first-order valence-electron chi connectivity index (χ1n) is 11.4. The maximum Gasteiger partial charge on any atom is 0.174 e. The fourth-order valence-electron chi connectivity index (χ4n) is 4.54. The van der Waals surface area contributed by atoms with Gasteiger partial charge in [-0.15, -0.1) is 0 Å². The van der Waals surface area contributed by atoms with Crippen LogP contribution in [0.2, 0.25) is 5.02 Å². The summed E-state index contributed by atoms with van der Waals surface area (Å²) < 4.78 is 6.13. The molecule has 0 aliphatic carbocycles. The molecule has 1 aliphatic heterocycles. The topological polar surface area (TPSA) is 29.5 Å². The largest absolute Gasteiger partial charge is 0.491 e. The highest BCUT2D eigenvalue weighted by Crippen LogP contribution is 2.37. The van der Waals surface area contributed by atoms with Gasteiger partial charge in [-0.25, -0.2) is 0 Å². The zero-order valence-corrected chi connectivity index (χ0v) is 19.3. The summed E-state index contributed by atoms with van der Waals surface area (Å²) >= 11 is 6.10. The lowest BCUT2D eigenvalue weighted by Gasteiger charge is -2.25. The first-order valence-corrected chi connectivity index (χ1v) is 11.8. The lowest BCUT2D eigenvalue weighted by atomic mass is 9.78. The number of ketones is 1. The zero-order chi connectivity index (χ0) is 22.3. The fourth-order valence-corrected chi connectivity index (χ4v) is 4.67. The van der Waals surface area contributed by atoms with Crippen LogP contribution >= 0.6 is 11.6 Å². The van der Waals surface area contributed by atoms with Crippen LogP contribution < -0.4 is 4.74 Å². The third-order valence-electron chi connectivity index (χ3n) is 6.35. The maximum atomic E-state index is 14.0. The molecule has 1 aliphatic rings. The Morgan fingerprint density at radius 1 is 0.906 bits per heavy atom. The molecule has 166 valence electrons. The van der Waals surface area contributed by atoms with E-state index in [-0.39, 0.29) is 17.6 Å². The minimum Gasteiger partial charge on any atom is -0.491 e. The normalized spacial score (nSPS) is 15.9. The Kier molecular flexibility index (Phi) is 7.62. The van der Waals surface area contributed by atoms with Crippen LogP contribution in [0.15, 0.2) is 78.9 Å². The number of rotatable bonds is 9. The van der Waals surface area contributed by atoms with Crippen molar-refractivity contribution in [2.24, 2.45) is 0 Å². The summed E-state index contributed by atoms with van der Waals surface area (Å²) in [5.41, 5.74) is 2.74. The molecule has 1 fully saturated rings. The number of benzene rings is 3. The highest BCUT2D eigenvalue weighted by atomic mass is 35.5. The summed E-state index contributed by atoms with van der Waals surface area (Å²) in [5.74, 6) is 0.414. The van der Waals surface area contributed by atoms with Crippen LogP contribution in [0.1, 0.15) is 53.1 Å². The number of halogens is 1. The van der Waals surface area contributed by atoms with Crippen LogP contribution in [0, 0.1) is 0 Å². The van der Waals surface area contributed by atoms with Crippen LogP contribution in [0.3, 0.4) is 0 Å². The van der Waals surface area contributed by atoms with Gasteiger partial charge in [-0.05, 0) is 67.2 Å². The predicted molar refractivity (Wildman–Crippen MR) is 131 cm³/mol.